The number of carbonyl (C=O) groups is 1. The molecule has 3 nitrogen and oxygen atoms in total. The van der Waals surface area contributed by atoms with Crippen LogP contribution in [0.2, 0.25) is 0 Å². The molecule has 1 aromatic heterocycles. The fraction of sp³-hybridized carbons (Fsp3) is 0.118. The molecular formula is C17H13FN2O. The molecule has 3 rings (SSSR count). The van der Waals surface area contributed by atoms with Crippen molar-refractivity contribution in [2.24, 2.45) is 0 Å². The average molecular weight is 280 g/mol. The van der Waals surface area contributed by atoms with Crippen molar-refractivity contribution < 1.29 is 9.18 Å². The van der Waals surface area contributed by atoms with Crippen molar-refractivity contribution in [3.05, 3.63) is 71.3 Å². The third kappa shape index (κ3) is 2.65. The van der Waals surface area contributed by atoms with Gasteiger partial charge in [0.1, 0.15) is 5.82 Å². The van der Waals surface area contributed by atoms with E-state index in [1.807, 2.05) is 13.0 Å². The lowest BCUT2D eigenvalue weighted by Gasteiger charge is -2.07. The number of benzene rings is 2. The molecule has 0 amide bonds. The summed E-state index contributed by atoms with van der Waals surface area (Å²) < 4.78 is 13.3. The van der Waals surface area contributed by atoms with Crippen LogP contribution >= 0.6 is 0 Å². The summed E-state index contributed by atoms with van der Waals surface area (Å²) in [4.78, 5) is 20.9. The number of aromatic nitrogens is 2. The molecule has 0 atom stereocenters. The van der Waals surface area contributed by atoms with E-state index in [1.54, 1.807) is 30.6 Å². The largest absolute Gasteiger partial charge is 0.294 e. The Hall–Kier alpha value is -2.62. The highest BCUT2D eigenvalue weighted by Crippen LogP contribution is 2.18. The molecule has 2 aromatic carbocycles. The number of hydrogen-bond donors (Lipinski definition) is 0. The van der Waals surface area contributed by atoms with E-state index in [0.29, 0.717) is 22.2 Å². The van der Waals surface area contributed by atoms with E-state index >= 15 is 0 Å². The smallest absolute Gasteiger partial charge is 0.169 e. The minimum atomic E-state index is -0.332. The van der Waals surface area contributed by atoms with Crippen LogP contribution in [-0.4, -0.2) is 15.8 Å². The third-order valence-corrected chi connectivity index (χ3v) is 3.46. The third-order valence-electron chi connectivity index (χ3n) is 3.46. The molecule has 0 spiro atoms. The first-order valence-electron chi connectivity index (χ1n) is 6.63. The number of fused-ring (bicyclic) bond motifs is 1. The van der Waals surface area contributed by atoms with Crippen LogP contribution in [-0.2, 0) is 6.42 Å². The van der Waals surface area contributed by atoms with Crippen molar-refractivity contribution in [2.75, 3.05) is 0 Å². The van der Waals surface area contributed by atoms with Crippen molar-refractivity contribution in [3.8, 4) is 0 Å². The first-order chi connectivity index (χ1) is 10.1. The Balaban J connectivity index is 1.99. The van der Waals surface area contributed by atoms with Gasteiger partial charge in [0.25, 0.3) is 0 Å². The summed E-state index contributed by atoms with van der Waals surface area (Å²) in [7, 11) is 0. The maximum absolute atomic E-state index is 13.3. The van der Waals surface area contributed by atoms with Crippen LogP contribution in [0.1, 0.15) is 21.5 Å². The van der Waals surface area contributed by atoms with Gasteiger partial charge in [-0.15, -0.1) is 0 Å². The number of Topliss-reactive ketones (excluding diaryl/α,β-unsaturated/α-hetero) is 1. The van der Waals surface area contributed by atoms with Gasteiger partial charge >= 0.3 is 0 Å². The van der Waals surface area contributed by atoms with Crippen molar-refractivity contribution in [3.63, 3.8) is 0 Å². The molecule has 0 bridgehead atoms. The van der Waals surface area contributed by atoms with E-state index < -0.39 is 0 Å². The number of carbonyl (C=O) groups excluding carboxylic acids is 1. The zero-order valence-corrected chi connectivity index (χ0v) is 11.5. The Morgan fingerprint density at radius 1 is 1.14 bits per heavy atom. The molecular weight excluding hydrogens is 267 g/mol. The summed E-state index contributed by atoms with van der Waals surface area (Å²) in [5.74, 6) is -0.420. The molecule has 21 heavy (non-hydrogen) atoms. The lowest BCUT2D eigenvalue weighted by atomic mass is 9.98. The molecule has 0 saturated carbocycles. The Labute approximate surface area is 121 Å². The maximum Gasteiger partial charge on any atom is 0.169 e. The van der Waals surface area contributed by atoms with Gasteiger partial charge < -0.3 is 0 Å². The predicted octanol–water partition coefficient (Wildman–Crippen LogP) is 3.50. The van der Waals surface area contributed by atoms with E-state index in [0.717, 1.165) is 5.56 Å². The van der Waals surface area contributed by atoms with Gasteiger partial charge in [0.2, 0.25) is 0 Å². The van der Waals surface area contributed by atoms with Crippen LogP contribution in [0.25, 0.3) is 11.0 Å². The van der Waals surface area contributed by atoms with Crippen LogP contribution in [0.5, 0.6) is 0 Å². The fourth-order valence-corrected chi connectivity index (χ4v) is 2.32. The minimum Gasteiger partial charge on any atom is -0.294 e. The molecule has 0 saturated heterocycles. The van der Waals surface area contributed by atoms with Gasteiger partial charge in [0.15, 0.2) is 5.78 Å². The van der Waals surface area contributed by atoms with Crippen LogP contribution in [0.15, 0.2) is 48.8 Å². The zero-order chi connectivity index (χ0) is 14.8. The van der Waals surface area contributed by atoms with Crippen LogP contribution in [0.4, 0.5) is 4.39 Å². The molecule has 104 valence electrons. The van der Waals surface area contributed by atoms with Gasteiger partial charge in [-0.3, -0.25) is 14.8 Å². The molecule has 0 fully saturated rings. The number of rotatable bonds is 3. The molecule has 0 aliphatic heterocycles. The van der Waals surface area contributed by atoms with E-state index in [9.17, 15) is 9.18 Å². The van der Waals surface area contributed by atoms with Crippen LogP contribution in [0.3, 0.4) is 0 Å². The monoisotopic (exact) mass is 280 g/mol. The van der Waals surface area contributed by atoms with Crippen molar-refractivity contribution in [2.45, 2.75) is 13.3 Å². The lowest BCUT2D eigenvalue weighted by Crippen LogP contribution is -2.07. The van der Waals surface area contributed by atoms with Gasteiger partial charge in [0.05, 0.1) is 11.0 Å². The van der Waals surface area contributed by atoms with Crippen molar-refractivity contribution in [1.29, 1.82) is 0 Å². The van der Waals surface area contributed by atoms with Gasteiger partial charge in [-0.25, -0.2) is 4.39 Å². The highest BCUT2D eigenvalue weighted by Gasteiger charge is 2.13. The van der Waals surface area contributed by atoms with E-state index in [1.165, 1.54) is 12.1 Å². The van der Waals surface area contributed by atoms with Crippen LogP contribution in [0, 0.1) is 12.7 Å². The summed E-state index contributed by atoms with van der Waals surface area (Å²) in [6.45, 7) is 1.87. The maximum atomic E-state index is 13.3. The molecule has 0 unspecified atom stereocenters. The molecule has 0 aliphatic rings. The van der Waals surface area contributed by atoms with Crippen molar-refractivity contribution in [1.82, 2.24) is 9.97 Å². The Kier molecular flexibility index (Phi) is 3.44. The summed E-state index contributed by atoms with van der Waals surface area (Å²) in [5.41, 5.74) is 3.37. The Morgan fingerprint density at radius 2 is 1.95 bits per heavy atom. The fourth-order valence-electron chi connectivity index (χ4n) is 2.32. The normalized spacial score (nSPS) is 10.8. The lowest BCUT2D eigenvalue weighted by molar-refractivity contribution is 0.0994. The molecule has 0 radical (unpaired) electrons. The number of ketones is 1. The quantitative estimate of drug-likeness (QED) is 0.690. The van der Waals surface area contributed by atoms with Gasteiger partial charge in [-0.1, -0.05) is 12.1 Å². The van der Waals surface area contributed by atoms with Crippen LogP contribution < -0.4 is 0 Å². The van der Waals surface area contributed by atoms with E-state index in [2.05, 4.69) is 9.97 Å². The summed E-state index contributed by atoms with van der Waals surface area (Å²) >= 11 is 0. The highest BCUT2D eigenvalue weighted by atomic mass is 19.1. The molecule has 0 aliphatic carbocycles. The van der Waals surface area contributed by atoms with Gasteiger partial charge in [-0.05, 0) is 42.3 Å². The number of nitrogens with zero attached hydrogens (tertiary/aromatic N) is 2. The standard InChI is InChI=1S/C17H13FN2O/c1-11-5-6-13(18)9-12(11)10-16(21)14-3-2-4-15-17(14)20-8-7-19-15/h2-9H,10H2,1H3. The number of aryl methyl sites for hydroxylation is 1. The number of para-hydroxylation sites is 1. The second-order valence-electron chi connectivity index (χ2n) is 4.90. The molecule has 3 aromatic rings. The predicted molar refractivity (Wildman–Crippen MR) is 78.7 cm³/mol. The van der Waals surface area contributed by atoms with E-state index in [-0.39, 0.29) is 18.0 Å². The summed E-state index contributed by atoms with van der Waals surface area (Å²) in [5, 5.41) is 0. The SMILES string of the molecule is Cc1ccc(F)cc1CC(=O)c1cccc2nccnc12. The highest BCUT2D eigenvalue weighted by molar-refractivity contribution is 6.06. The Bertz CT molecular complexity index is 825. The van der Waals surface area contributed by atoms with E-state index in [4.69, 9.17) is 0 Å². The minimum absolute atomic E-state index is 0.0881. The zero-order valence-electron chi connectivity index (χ0n) is 11.5. The number of hydrogen-bond acceptors (Lipinski definition) is 3. The van der Waals surface area contributed by atoms with Crippen molar-refractivity contribution >= 4 is 16.8 Å². The molecule has 4 heteroatoms. The summed E-state index contributed by atoms with van der Waals surface area (Å²) in [6.07, 6.45) is 3.30. The Morgan fingerprint density at radius 3 is 2.81 bits per heavy atom. The first-order valence-corrected chi connectivity index (χ1v) is 6.63. The second kappa shape index (κ2) is 5.40. The number of halogens is 1. The molecule has 1 heterocycles. The summed E-state index contributed by atoms with van der Waals surface area (Å²) in [6, 6.07) is 9.81. The average Bonchev–Trinajstić information content (AvgIpc) is 2.50. The molecule has 0 N–H and O–H groups in total. The van der Waals surface area contributed by atoms with Gasteiger partial charge in [-0.2, -0.15) is 0 Å². The topological polar surface area (TPSA) is 42.9 Å². The van der Waals surface area contributed by atoms with Gasteiger partial charge in [0, 0.05) is 24.4 Å². The first kappa shape index (κ1) is 13.4. The second-order valence-corrected chi connectivity index (χ2v) is 4.90.